The molecule has 0 amide bonds. The molecular formula is C21H29Cl2N. The summed E-state index contributed by atoms with van der Waals surface area (Å²) in [5.41, 5.74) is 3.18. The Hall–Kier alpha value is -0.790. The maximum absolute atomic E-state index is 6.18. The lowest BCUT2D eigenvalue weighted by molar-refractivity contribution is 0.142. The van der Waals surface area contributed by atoms with Crippen LogP contribution < -0.4 is 0 Å². The van der Waals surface area contributed by atoms with E-state index in [4.69, 9.17) is 28.2 Å². The number of benzene rings is 1. The number of hydrogen-bond donors (Lipinski definition) is 0. The first-order valence-electron chi connectivity index (χ1n) is 8.72. The number of hydrogen-bond acceptors (Lipinski definition) is 1. The molecule has 1 saturated carbocycles. The van der Waals surface area contributed by atoms with Gasteiger partial charge in [-0.1, -0.05) is 50.6 Å². The maximum Gasteiger partial charge on any atom is 0.0677 e. The molecule has 0 aromatic heterocycles. The minimum absolute atomic E-state index is 0.0369. The van der Waals surface area contributed by atoms with Crippen molar-refractivity contribution in [2.75, 3.05) is 0 Å². The lowest BCUT2D eigenvalue weighted by atomic mass is 9.68. The van der Waals surface area contributed by atoms with Gasteiger partial charge in [0.05, 0.1) is 11.3 Å². The Morgan fingerprint density at radius 2 is 1.62 bits per heavy atom. The SMILES string of the molecule is C=C(C)C(=NC1(C)CCC(C(C)(C)C)CC1)c1cc(Cl)cc(Cl)c1. The first kappa shape index (κ1) is 19.5. The molecule has 1 nitrogen and oxygen atoms in total. The van der Waals surface area contributed by atoms with Crippen molar-refractivity contribution in [2.24, 2.45) is 16.3 Å². The molecule has 2 rings (SSSR count). The van der Waals surface area contributed by atoms with Gasteiger partial charge in [0.1, 0.15) is 0 Å². The number of aliphatic imine (C=N–C) groups is 1. The Balaban J connectivity index is 2.30. The van der Waals surface area contributed by atoms with E-state index in [1.54, 1.807) is 6.07 Å². The van der Waals surface area contributed by atoms with Crippen molar-refractivity contribution < 1.29 is 0 Å². The fourth-order valence-electron chi connectivity index (χ4n) is 3.58. The molecule has 0 heterocycles. The van der Waals surface area contributed by atoms with Crippen LogP contribution in [0, 0.1) is 11.3 Å². The summed E-state index contributed by atoms with van der Waals surface area (Å²) in [7, 11) is 0. The van der Waals surface area contributed by atoms with Crippen LogP contribution in [-0.4, -0.2) is 11.3 Å². The minimum Gasteiger partial charge on any atom is -0.278 e. The molecule has 1 aliphatic rings. The predicted octanol–water partition coefficient (Wildman–Crippen LogP) is 7.35. The summed E-state index contributed by atoms with van der Waals surface area (Å²) < 4.78 is 0. The van der Waals surface area contributed by atoms with Crippen molar-refractivity contribution in [3.8, 4) is 0 Å². The number of nitrogens with zero attached hydrogens (tertiary/aromatic N) is 1. The van der Waals surface area contributed by atoms with Gasteiger partial charge in [0.15, 0.2) is 0 Å². The fraction of sp³-hybridized carbons (Fsp3) is 0.571. The number of allylic oxidation sites excluding steroid dienone is 1. The summed E-state index contributed by atoms with van der Waals surface area (Å²) in [5.74, 6) is 0.773. The van der Waals surface area contributed by atoms with Crippen molar-refractivity contribution >= 4 is 28.9 Å². The van der Waals surface area contributed by atoms with E-state index >= 15 is 0 Å². The molecule has 0 bridgehead atoms. The molecule has 0 saturated heterocycles. The van der Waals surface area contributed by atoms with Gasteiger partial charge in [-0.25, -0.2) is 0 Å². The number of halogens is 2. The summed E-state index contributed by atoms with van der Waals surface area (Å²) in [6.07, 6.45) is 4.67. The highest BCUT2D eigenvalue weighted by Gasteiger charge is 2.35. The molecule has 0 aliphatic heterocycles. The van der Waals surface area contributed by atoms with Gasteiger partial charge in [-0.3, -0.25) is 4.99 Å². The third kappa shape index (κ3) is 4.86. The van der Waals surface area contributed by atoms with Crippen molar-refractivity contribution in [3.63, 3.8) is 0 Å². The monoisotopic (exact) mass is 365 g/mol. The lowest BCUT2D eigenvalue weighted by Crippen LogP contribution is -2.34. The van der Waals surface area contributed by atoms with Crippen LogP contribution in [-0.2, 0) is 0 Å². The highest BCUT2D eigenvalue weighted by molar-refractivity contribution is 6.35. The first-order chi connectivity index (χ1) is 11.0. The molecule has 1 fully saturated rings. The van der Waals surface area contributed by atoms with Crippen LogP contribution in [0.5, 0.6) is 0 Å². The smallest absolute Gasteiger partial charge is 0.0677 e. The van der Waals surface area contributed by atoms with E-state index in [9.17, 15) is 0 Å². The lowest BCUT2D eigenvalue weighted by Gasteiger charge is -2.40. The molecule has 1 aromatic carbocycles. The third-order valence-corrected chi connectivity index (χ3v) is 5.65. The Morgan fingerprint density at radius 3 is 2.04 bits per heavy atom. The molecular weight excluding hydrogens is 337 g/mol. The van der Waals surface area contributed by atoms with E-state index in [0.717, 1.165) is 35.6 Å². The zero-order valence-corrected chi connectivity index (χ0v) is 17.1. The van der Waals surface area contributed by atoms with Gasteiger partial charge in [0.25, 0.3) is 0 Å². The Morgan fingerprint density at radius 1 is 1.12 bits per heavy atom. The topological polar surface area (TPSA) is 12.4 Å². The van der Waals surface area contributed by atoms with Gasteiger partial charge >= 0.3 is 0 Å². The van der Waals surface area contributed by atoms with Crippen molar-refractivity contribution in [1.29, 1.82) is 0 Å². The van der Waals surface area contributed by atoms with Crippen molar-refractivity contribution in [2.45, 2.75) is 65.8 Å². The average Bonchev–Trinajstić information content (AvgIpc) is 2.43. The summed E-state index contributed by atoms with van der Waals surface area (Å²) in [6, 6.07) is 5.59. The molecule has 1 aliphatic carbocycles. The zero-order chi connectivity index (χ0) is 18.1. The van der Waals surface area contributed by atoms with Crippen molar-refractivity contribution in [1.82, 2.24) is 0 Å². The van der Waals surface area contributed by atoms with Crippen LogP contribution in [0.2, 0.25) is 10.0 Å². The van der Waals surface area contributed by atoms with Crippen LogP contribution in [0.1, 0.15) is 65.9 Å². The Kier molecular flexibility index (Phi) is 5.87. The molecule has 0 radical (unpaired) electrons. The zero-order valence-electron chi connectivity index (χ0n) is 15.5. The molecule has 0 atom stereocenters. The van der Waals surface area contributed by atoms with Crippen LogP contribution in [0.3, 0.4) is 0 Å². The van der Waals surface area contributed by atoms with E-state index < -0.39 is 0 Å². The standard InChI is InChI=1S/C21H29Cl2N/c1-14(2)19(15-11-17(22)13-18(23)12-15)24-21(6)9-7-16(8-10-21)20(3,4)5/h11-13,16H,1,7-10H2,2-6H3. The van der Waals surface area contributed by atoms with Gasteiger partial charge in [-0.15, -0.1) is 0 Å². The molecule has 0 N–H and O–H groups in total. The molecule has 0 unspecified atom stereocenters. The van der Waals surface area contributed by atoms with Gasteiger partial charge in [0, 0.05) is 15.6 Å². The van der Waals surface area contributed by atoms with Gasteiger partial charge < -0.3 is 0 Å². The third-order valence-electron chi connectivity index (χ3n) is 5.21. The van der Waals surface area contributed by atoms with E-state index in [2.05, 4.69) is 34.3 Å². The highest BCUT2D eigenvalue weighted by atomic mass is 35.5. The van der Waals surface area contributed by atoms with Gasteiger partial charge in [-0.05, 0) is 74.6 Å². The van der Waals surface area contributed by atoms with E-state index in [1.165, 1.54) is 12.8 Å². The van der Waals surface area contributed by atoms with E-state index in [0.29, 0.717) is 15.5 Å². The van der Waals surface area contributed by atoms with Crippen LogP contribution in [0.25, 0.3) is 0 Å². The summed E-state index contributed by atoms with van der Waals surface area (Å²) in [4.78, 5) is 5.14. The average molecular weight is 366 g/mol. The second-order valence-electron chi connectivity index (χ2n) is 8.54. The Bertz CT molecular complexity index is 624. The summed E-state index contributed by atoms with van der Waals surface area (Å²) in [5, 5.41) is 1.26. The van der Waals surface area contributed by atoms with Crippen molar-refractivity contribution in [3.05, 3.63) is 46.0 Å². The van der Waals surface area contributed by atoms with Crippen LogP contribution >= 0.6 is 23.2 Å². The molecule has 3 heteroatoms. The summed E-state index contributed by atoms with van der Waals surface area (Å²) >= 11 is 12.4. The maximum atomic E-state index is 6.18. The normalized spacial score (nSPS) is 25.6. The quantitative estimate of drug-likeness (QED) is 0.496. The van der Waals surface area contributed by atoms with Crippen LogP contribution in [0.4, 0.5) is 0 Å². The molecule has 24 heavy (non-hydrogen) atoms. The number of rotatable bonds is 3. The largest absolute Gasteiger partial charge is 0.278 e. The van der Waals surface area contributed by atoms with Crippen LogP contribution in [0.15, 0.2) is 35.3 Å². The highest BCUT2D eigenvalue weighted by Crippen LogP contribution is 2.43. The molecule has 132 valence electrons. The second kappa shape index (κ2) is 7.22. The van der Waals surface area contributed by atoms with E-state index in [1.807, 2.05) is 19.1 Å². The molecule has 0 spiro atoms. The second-order valence-corrected chi connectivity index (χ2v) is 9.41. The van der Waals surface area contributed by atoms with Gasteiger partial charge in [-0.2, -0.15) is 0 Å². The minimum atomic E-state index is -0.0369. The fourth-order valence-corrected chi connectivity index (χ4v) is 4.11. The molecule has 1 aromatic rings. The Labute approximate surface area is 157 Å². The van der Waals surface area contributed by atoms with Gasteiger partial charge in [0.2, 0.25) is 0 Å². The predicted molar refractivity (Wildman–Crippen MR) is 108 cm³/mol. The summed E-state index contributed by atoms with van der Waals surface area (Å²) in [6.45, 7) is 15.4. The first-order valence-corrected chi connectivity index (χ1v) is 9.48. The van der Waals surface area contributed by atoms with E-state index in [-0.39, 0.29) is 5.54 Å².